The average Bonchev–Trinajstić information content (AvgIpc) is 2.98. The number of fused-ring (bicyclic) bond motifs is 1. The van der Waals surface area contributed by atoms with Crippen molar-refractivity contribution in [1.29, 1.82) is 0 Å². The van der Waals surface area contributed by atoms with Gasteiger partial charge in [-0.15, -0.1) is 0 Å². The molecule has 3 fully saturated rings. The Labute approximate surface area is 179 Å². The number of nitrogens with zero attached hydrogens (tertiary/aromatic N) is 1. The van der Waals surface area contributed by atoms with Gasteiger partial charge in [0.15, 0.2) is 0 Å². The molecule has 2 amide bonds. The predicted octanol–water partition coefficient (Wildman–Crippen LogP) is 4.62. The molecule has 0 N–H and O–H groups in total. The summed E-state index contributed by atoms with van der Waals surface area (Å²) in [5, 5.41) is 0. The van der Waals surface area contributed by atoms with Crippen LogP contribution >= 0.6 is 0 Å². The van der Waals surface area contributed by atoms with Gasteiger partial charge in [-0.1, -0.05) is 45.7 Å². The zero-order valence-electron chi connectivity index (χ0n) is 18.4. The van der Waals surface area contributed by atoms with Gasteiger partial charge in [0, 0.05) is 6.04 Å². The molecule has 1 aromatic carbocycles. The topological polar surface area (TPSA) is 63.7 Å². The van der Waals surface area contributed by atoms with E-state index in [1.807, 2.05) is 24.3 Å². The van der Waals surface area contributed by atoms with Crippen LogP contribution in [0.15, 0.2) is 24.3 Å². The van der Waals surface area contributed by atoms with E-state index in [4.69, 9.17) is 4.74 Å². The molecule has 4 rings (SSSR count). The Morgan fingerprint density at radius 2 is 1.40 bits per heavy atom. The summed E-state index contributed by atoms with van der Waals surface area (Å²) in [6.45, 7) is 6.45. The Kier molecular flexibility index (Phi) is 5.73. The summed E-state index contributed by atoms with van der Waals surface area (Å²) in [5.74, 6) is 0.0896. The lowest BCUT2D eigenvalue weighted by Crippen LogP contribution is -2.43. The number of ether oxygens (including phenoxy) is 1. The molecule has 0 radical (unpaired) electrons. The Balaban J connectivity index is 1.32. The minimum atomic E-state index is -0.204. The van der Waals surface area contributed by atoms with Crippen LogP contribution in [-0.2, 0) is 19.8 Å². The lowest BCUT2D eigenvalue weighted by atomic mass is 9.81. The van der Waals surface area contributed by atoms with Crippen molar-refractivity contribution in [2.75, 3.05) is 0 Å². The van der Waals surface area contributed by atoms with Crippen molar-refractivity contribution in [3.8, 4) is 5.75 Å². The molecule has 1 aliphatic heterocycles. The van der Waals surface area contributed by atoms with Crippen molar-refractivity contribution in [2.24, 2.45) is 17.8 Å². The van der Waals surface area contributed by atoms with E-state index in [1.54, 1.807) is 4.90 Å². The largest absolute Gasteiger partial charge is 0.426 e. The van der Waals surface area contributed by atoms with Crippen LogP contribution in [0.4, 0.5) is 0 Å². The summed E-state index contributed by atoms with van der Waals surface area (Å²) in [4.78, 5) is 39.8. The molecule has 30 heavy (non-hydrogen) atoms. The average molecular weight is 412 g/mol. The first-order valence-electron chi connectivity index (χ1n) is 11.4. The van der Waals surface area contributed by atoms with Crippen LogP contribution in [0.3, 0.4) is 0 Å². The predicted molar refractivity (Wildman–Crippen MR) is 114 cm³/mol. The second-order valence-corrected chi connectivity index (χ2v) is 10.2. The quantitative estimate of drug-likeness (QED) is 0.413. The third-order valence-electron chi connectivity index (χ3n) is 7.21. The number of likely N-dealkylation sites (tertiary alicyclic amines) is 1. The van der Waals surface area contributed by atoms with Gasteiger partial charge >= 0.3 is 5.97 Å². The number of hydrogen-bond acceptors (Lipinski definition) is 4. The highest BCUT2D eigenvalue weighted by Gasteiger charge is 2.50. The molecule has 2 saturated carbocycles. The van der Waals surface area contributed by atoms with Crippen LogP contribution in [0.1, 0.15) is 77.7 Å². The lowest BCUT2D eigenvalue weighted by Gasteiger charge is -2.32. The van der Waals surface area contributed by atoms with Gasteiger partial charge in [-0.2, -0.15) is 0 Å². The fourth-order valence-electron chi connectivity index (χ4n) is 5.34. The van der Waals surface area contributed by atoms with E-state index in [1.165, 1.54) is 5.56 Å². The van der Waals surface area contributed by atoms with Crippen molar-refractivity contribution >= 4 is 17.8 Å². The first-order valence-corrected chi connectivity index (χ1v) is 11.4. The van der Waals surface area contributed by atoms with Gasteiger partial charge in [-0.25, -0.2) is 0 Å². The zero-order chi connectivity index (χ0) is 21.5. The normalized spacial score (nSPS) is 29.6. The number of esters is 1. The van der Waals surface area contributed by atoms with E-state index < -0.39 is 0 Å². The van der Waals surface area contributed by atoms with Gasteiger partial charge in [0.05, 0.1) is 17.8 Å². The molecule has 5 nitrogen and oxygen atoms in total. The Morgan fingerprint density at radius 3 is 1.90 bits per heavy atom. The van der Waals surface area contributed by atoms with E-state index in [-0.39, 0.29) is 47.0 Å². The molecular formula is C25H33NO4. The van der Waals surface area contributed by atoms with Crippen LogP contribution in [0, 0.1) is 17.8 Å². The summed E-state index contributed by atoms with van der Waals surface area (Å²) in [5.41, 5.74) is 1.26. The van der Waals surface area contributed by atoms with Gasteiger partial charge in [-0.05, 0) is 61.6 Å². The van der Waals surface area contributed by atoms with Crippen molar-refractivity contribution in [3.63, 3.8) is 0 Å². The first-order chi connectivity index (χ1) is 14.3. The van der Waals surface area contributed by atoms with Crippen LogP contribution < -0.4 is 4.74 Å². The van der Waals surface area contributed by atoms with Crippen molar-refractivity contribution in [2.45, 2.75) is 83.6 Å². The molecule has 0 bridgehead atoms. The Bertz CT molecular complexity index is 791. The number of amides is 2. The standard InChI is InChI=1S/C25H33NO4/c1-25(2,3)17-10-14-19(15-11-17)30-24(29)16-8-12-18(13-9-16)26-22(27)20-6-4-5-7-21(20)23(26)28/h10-11,14-16,18,20-21H,4-9,12-13H2,1-3H3. The van der Waals surface area contributed by atoms with Gasteiger partial charge in [0.2, 0.25) is 11.8 Å². The molecule has 1 saturated heterocycles. The second kappa shape index (κ2) is 8.16. The van der Waals surface area contributed by atoms with Crippen molar-refractivity contribution in [3.05, 3.63) is 29.8 Å². The Hall–Kier alpha value is -2.17. The maximum Gasteiger partial charge on any atom is 0.314 e. The van der Waals surface area contributed by atoms with Gasteiger partial charge in [0.1, 0.15) is 5.75 Å². The van der Waals surface area contributed by atoms with E-state index in [2.05, 4.69) is 20.8 Å². The van der Waals surface area contributed by atoms with Crippen LogP contribution in [-0.4, -0.2) is 28.7 Å². The number of rotatable bonds is 3. The maximum absolute atomic E-state index is 12.8. The van der Waals surface area contributed by atoms with E-state index in [0.29, 0.717) is 31.4 Å². The van der Waals surface area contributed by atoms with Gasteiger partial charge in [-0.3, -0.25) is 19.3 Å². The number of hydrogen-bond donors (Lipinski definition) is 0. The minimum Gasteiger partial charge on any atom is -0.426 e. The monoisotopic (exact) mass is 411 g/mol. The SMILES string of the molecule is CC(C)(C)c1ccc(OC(=O)C2CCC(N3C(=O)C4CCCCC4C3=O)CC2)cc1. The Morgan fingerprint density at radius 1 is 0.867 bits per heavy atom. The second-order valence-electron chi connectivity index (χ2n) is 10.2. The third kappa shape index (κ3) is 4.03. The molecule has 3 aliphatic rings. The molecule has 2 atom stereocenters. The molecule has 162 valence electrons. The van der Waals surface area contributed by atoms with Crippen LogP contribution in [0.25, 0.3) is 0 Å². The minimum absolute atomic E-state index is 0.0367. The maximum atomic E-state index is 12.8. The molecule has 0 spiro atoms. The highest BCUT2D eigenvalue weighted by Crippen LogP contribution is 2.41. The fraction of sp³-hybridized carbons (Fsp3) is 0.640. The molecule has 2 aliphatic carbocycles. The van der Waals surface area contributed by atoms with Gasteiger partial charge < -0.3 is 4.74 Å². The van der Waals surface area contributed by atoms with Crippen LogP contribution in [0.5, 0.6) is 5.75 Å². The molecule has 0 aromatic heterocycles. The number of imide groups is 1. The van der Waals surface area contributed by atoms with E-state index >= 15 is 0 Å². The summed E-state index contributed by atoms with van der Waals surface area (Å²) in [7, 11) is 0. The molecule has 2 unspecified atom stereocenters. The molecular weight excluding hydrogens is 378 g/mol. The van der Waals surface area contributed by atoms with E-state index in [0.717, 1.165) is 25.7 Å². The van der Waals surface area contributed by atoms with Gasteiger partial charge in [0.25, 0.3) is 0 Å². The third-order valence-corrected chi connectivity index (χ3v) is 7.21. The first kappa shape index (κ1) is 21.1. The smallest absolute Gasteiger partial charge is 0.314 e. The molecule has 1 aromatic rings. The molecule has 5 heteroatoms. The summed E-state index contributed by atoms with van der Waals surface area (Å²) in [6.07, 6.45) is 6.50. The molecule has 1 heterocycles. The lowest BCUT2D eigenvalue weighted by molar-refractivity contribution is -0.144. The summed E-state index contributed by atoms with van der Waals surface area (Å²) < 4.78 is 5.62. The van der Waals surface area contributed by atoms with E-state index in [9.17, 15) is 14.4 Å². The highest BCUT2D eigenvalue weighted by molar-refractivity contribution is 6.05. The van der Waals surface area contributed by atoms with Crippen molar-refractivity contribution in [1.82, 2.24) is 4.90 Å². The van der Waals surface area contributed by atoms with Crippen LogP contribution in [0.2, 0.25) is 0 Å². The number of benzene rings is 1. The highest BCUT2D eigenvalue weighted by atomic mass is 16.5. The zero-order valence-corrected chi connectivity index (χ0v) is 18.4. The number of carbonyl (C=O) groups excluding carboxylic acids is 3. The summed E-state index contributed by atoms with van der Waals surface area (Å²) >= 11 is 0. The summed E-state index contributed by atoms with van der Waals surface area (Å²) in [6, 6.07) is 7.67. The fourth-order valence-corrected chi connectivity index (χ4v) is 5.34. The van der Waals surface area contributed by atoms with Crippen molar-refractivity contribution < 1.29 is 19.1 Å². The number of carbonyl (C=O) groups is 3.